The molecule has 0 saturated carbocycles. The van der Waals surface area contributed by atoms with Gasteiger partial charge in [0.1, 0.15) is 16.5 Å². The molecule has 0 aliphatic heterocycles. The fourth-order valence-corrected chi connectivity index (χ4v) is 2.88. The average Bonchev–Trinajstić information content (AvgIpc) is 3.16. The standard InChI is InChI=1S/C15H12N2O3S/c1-20-13-5-3-2-4-10(13)14-17-12(8-21-14)9-6-11(15(18)19)16-7-9/h2-8,16H,1H3,(H,18,19). The number of hydrogen-bond donors (Lipinski definition) is 2. The summed E-state index contributed by atoms with van der Waals surface area (Å²) in [6.07, 6.45) is 1.64. The lowest BCUT2D eigenvalue weighted by Gasteiger charge is -2.04. The van der Waals surface area contributed by atoms with Crippen LogP contribution in [-0.2, 0) is 0 Å². The van der Waals surface area contributed by atoms with Gasteiger partial charge >= 0.3 is 5.97 Å². The molecule has 2 heterocycles. The molecule has 0 fully saturated rings. The van der Waals surface area contributed by atoms with Crippen LogP contribution in [0.5, 0.6) is 5.75 Å². The predicted octanol–water partition coefficient (Wildman–Crippen LogP) is 3.51. The molecule has 3 rings (SSSR count). The molecule has 0 atom stereocenters. The topological polar surface area (TPSA) is 75.2 Å². The van der Waals surface area contributed by atoms with Crippen LogP contribution in [0.3, 0.4) is 0 Å². The van der Waals surface area contributed by atoms with E-state index >= 15 is 0 Å². The highest BCUT2D eigenvalue weighted by Gasteiger charge is 2.13. The van der Waals surface area contributed by atoms with Crippen molar-refractivity contribution in [2.75, 3.05) is 7.11 Å². The minimum absolute atomic E-state index is 0.150. The first-order valence-electron chi connectivity index (χ1n) is 6.20. The van der Waals surface area contributed by atoms with Gasteiger partial charge in [0.05, 0.1) is 18.4 Å². The second-order valence-electron chi connectivity index (χ2n) is 4.35. The summed E-state index contributed by atoms with van der Waals surface area (Å²) < 4.78 is 5.33. The molecule has 0 unspecified atom stereocenters. The Kier molecular flexibility index (Phi) is 3.45. The number of nitrogens with one attached hydrogen (secondary N) is 1. The van der Waals surface area contributed by atoms with Crippen LogP contribution >= 0.6 is 11.3 Å². The van der Waals surface area contributed by atoms with Gasteiger partial charge in [0.2, 0.25) is 0 Å². The highest BCUT2D eigenvalue weighted by Crippen LogP contribution is 2.34. The van der Waals surface area contributed by atoms with Gasteiger partial charge in [-0.1, -0.05) is 12.1 Å². The summed E-state index contributed by atoms with van der Waals surface area (Å²) in [5.41, 5.74) is 2.57. The number of aromatic nitrogens is 2. The molecular formula is C15H12N2O3S. The maximum absolute atomic E-state index is 10.9. The Morgan fingerprint density at radius 1 is 1.38 bits per heavy atom. The van der Waals surface area contributed by atoms with E-state index in [-0.39, 0.29) is 5.69 Å². The summed E-state index contributed by atoms with van der Waals surface area (Å²) in [6, 6.07) is 9.24. The van der Waals surface area contributed by atoms with Gasteiger partial charge in [-0.2, -0.15) is 0 Å². The van der Waals surface area contributed by atoms with E-state index in [1.54, 1.807) is 19.4 Å². The third-order valence-electron chi connectivity index (χ3n) is 3.05. The largest absolute Gasteiger partial charge is 0.496 e. The maximum atomic E-state index is 10.9. The number of benzene rings is 1. The highest BCUT2D eigenvalue weighted by molar-refractivity contribution is 7.13. The van der Waals surface area contributed by atoms with Crippen molar-refractivity contribution in [1.82, 2.24) is 9.97 Å². The second-order valence-corrected chi connectivity index (χ2v) is 5.20. The predicted molar refractivity (Wildman–Crippen MR) is 80.8 cm³/mol. The first-order valence-corrected chi connectivity index (χ1v) is 7.08. The van der Waals surface area contributed by atoms with Gasteiger partial charge in [-0.05, 0) is 18.2 Å². The van der Waals surface area contributed by atoms with Crippen molar-refractivity contribution in [3.8, 4) is 27.6 Å². The molecule has 2 aromatic heterocycles. The summed E-state index contributed by atoms with van der Waals surface area (Å²) in [7, 11) is 1.62. The van der Waals surface area contributed by atoms with E-state index in [1.165, 1.54) is 11.3 Å². The normalized spacial score (nSPS) is 10.5. The molecule has 0 radical (unpaired) electrons. The van der Waals surface area contributed by atoms with Gasteiger partial charge in [0.25, 0.3) is 0 Å². The van der Waals surface area contributed by atoms with E-state index in [0.717, 1.165) is 27.6 Å². The van der Waals surface area contributed by atoms with Crippen molar-refractivity contribution < 1.29 is 14.6 Å². The molecule has 6 heteroatoms. The maximum Gasteiger partial charge on any atom is 0.352 e. The molecule has 5 nitrogen and oxygen atoms in total. The van der Waals surface area contributed by atoms with E-state index in [0.29, 0.717) is 0 Å². The number of ether oxygens (including phenoxy) is 1. The van der Waals surface area contributed by atoms with Gasteiger partial charge in [-0.15, -0.1) is 11.3 Å². The summed E-state index contributed by atoms with van der Waals surface area (Å²) in [6.45, 7) is 0. The minimum Gasteiger partial charge on any atom is -0.496 e. The number of hydrogen-bond acceptors (Lipinski definition) is 4. The van der Waals surface area contributed by atoms with E-state index in [1.807, 2.05) is 29.6 Å². The zero-order valence-electron chi connectivity index (χ0n) is 11.2. The summed E-state index contributed by atoms with van der Waals surface area (Å²) >= 11 is 1.49. The molecular weight excluding hydrogens is 288 g/mol. The quantitative estimate of drug-likeness (QED) is 0.773. The number of para-hydroxylation sites is 1. The Morgan fingerprint density at radius 2 is 2.19 bits per heavy atom. The van der Waals surface area contributed by atoms with Gasteiger partial charge in [-0.25, -0.2) is 9.78 Å². The zero-order chi connectivity index (χ0) is 14.8. The molecule has 2 N–H and O–H groups in total. The van der Waals surface area contributed by atoms with Crippen LogP contribution in [0.4, 0.5) is 0 Å². The molecule has 106 valence electrons. The van der Waals surface area contributed by atoms with Crippen LogP contribution in [0, 0.1) is 0 Å². The van der Waals surface area contributed by atoms with E-state index in [2.05, 4.69) is 9.97 Å². The van der Waals surface area contributed by atoms with Crippen LogP contribution in [-0.4, -0.2) is 28.2 Å². The SMILES string of the molecule is COc1ccccc1-c1nc(-c2c[nH]c(C(=O)O)c2)cs1. The number of aromatic amines is 1. The Balaban J connectivity index is 1.97. The number of aromatic carboxylic acids is 1. The molecule has 0 aliphatic rings. The fraction of sp³-hybridized carbons (Fsp3) is 0.0667. The highest BCUT2D eigenvalue weighted by atomic mass is 32.1. The smallest absolute Gasteiger partial charge is 0.352 e. The number of methoxy groups -OCH3 is 1. The van der Waals surface area contributed by atoms with Crippen LogP contribution in [0.15, 0.2) is 41.9 Å². The molecule has 1 aromatic carbocycles. The van der Waals surface area contributed by atoms with Crippen molar-refractivity contribution in [3.63, 3.8) is 0 Å². The number of thiazole rings is 1. The second kappa shape index (κ2) is 5.41. The molecule has 0 amide bonds. The first-order chi connectivity index (χ1) is 10.2. The Hall–Kier alpha value is -2.60. The van der Waals surface area contributed by atoms with Crippen LogP contribution in [0.1, 0.15) is 10.5 Å². The van der Waals surface area contributed by atoms with Crippen LogP contribution in [0.2, 0.25) is 0 Å². The molecule has 0 spiro atoms. The Labute approximate surface area is 124 Å². The van der Waals surface area contributed by atoms with Gasteiger partial charge in [0, 0.05) is 17.1 Å². The minimum atomic E-state index is -0.985. The monoisotopic (exact) mass is 300 g/mol. The number of nitrogens with zero attached hydrogens (tertiary/aromatic N) is 1. The van der Waals surface area contributed by atoms with Crippen molar-refractivity contribution in [2.45, 2.75) is 0 Å². The van der Waals surface area contributed by atoms with Crippen LogP contribution in [0.25, 0.3) is 21.8 Å². The molecule has 3 aromatic rings. The fourth-order valence-electron chi connectivity index (χ4n) is 2.02. The summed E-state index contributed by atoms with van der Waals surface area (Å²) in [5, 5.41) is 11.7. The lowest BCUT2D eigenvalue weighted by atomic mass is 10.2. The van der Waals surface area contributed by atoms with Gasteiger partial charge in [-0.3, -0.25) is 0 Å². The van der Waals surface area contributed by atoms with Gasteiger partial charge in [0.15, 0.2) is 0 Å². The first kappa shape index (κ1) is 13.4. The zero-order valence-corrected chi connectivity index (χ0v) is 12.0. The summed E-state index contributed by atoms with van der Waals surface area (Å²) in [4.78, 5) is 18.2. The van der Waals surface area contributed by atoms with Gasteiger partial charge < -0.3 is 14.8 Å². The van der Waals surface area contributed by atoms with E-state index in [9.17, 15) is 4.79 Å². The number of carbonyl (C=O) groups is 1. The Morgan fingerprint density at radius 3 is 2.90 bits per heavy atom. The number of carboxylic acid groups (broad SMARTS) is 1. The molecule has 0 saturated heterocycles. The lowest BCUT2D eigenvalue weighted by Crippen LogP contribution is -1.94. The summed E-state index contributed by atoms with van der Waals surface area (Å²) in [5.74, 6) is -0.222. The lowest BCUT2D eigenvalue weighted by molar-refractivity contribution is 0.0691. The van der Waals surface area contributed by atoms with Crippen LogP contribution < -0.4 is 4.74 Å². The molecule has 21 heavy (non-hydrogen) atoms. The van der Waals surface area contributed by atoms with Crippen molar-refractivity contribution >= 4 is 17.3 Å². The van der Waals surface area contributed by atoms with E-state index in [4.69, 9.17) is 9.84 Å². The number of H-pyrrole nitrogens is 1. The van der Waals surface area contributed by atoms with Crippen molar-refractivity contribution in [1.29, 1.82) is 0 Å². The third-order valence-corrected chi connectivity index (χ3v) is 3.93. The molecule has 0 aliphatic carbocycles. The van der Waals surface area contributed by atoms with E-state index < -0.39 is 5.97 Å². The average molecular weight is 300 g/mol. The number of rotatable bonds is 4. The third kappa shape index (κ3) is 2.53. The number of carboxylic acids is 1. The molecule has 0 bridgehead atoms. The van der Waals surface area contributed by atoms with Crippen molar-refractivity contribution in [3.05, 3.63) is 47.6 Å². The van der Waals surface area contributed by atoms with Crippen molar-refractivity contribution in [2.24, 2.45) is 0 Å². The Bertz CT molecular complexity index is 792.